The molecule has 0 bridgehead atoms. The normalized spacial score (nSPS) is 10.8. The number of nitrogens with one attached hydrogen (secondary N) is 1. The molecular formula is C14H10FN3S. The zero-order chi connectivity index (χ0) is 13.4. The van der Waals surface area contributed by atoms with Gasteiger partial charge in [0.1, 0.15) is 0 Å². The maximum atomic E-state index is 13.8. The Labute approximate surface area is 114 Å². The Balaban J connectivity index is 2.23. The third kappa shape index (κ3) is 2.24. The summed E-state index contributed by atoms with van der Waals surface area (Å²) >= 11 is 4.93. The van der Waals surface area contributed by atoms with Gasteiger partial charge in [0.2, 0.25) is 0 Å². The summed E-state index contributed by atoms with van der Waals surface area (Å²) in [6, 6.07) is 9.46. The second kappa shape index (κ2) is 4.51. The van der Waals surface area contributed by atoms with E-state index in [1.807, 2.05) is 37.3 Å². The molecule has 3 aromatic rings. The maximum absolute atomic E-state index is 13.8. The van der Waals surface area contributed by atoms with Crippen LogP contribution >= 0.6 is 12.2 Å². The first kappa shape index (κ1) is 11.9. The molecule has 3 nitrogen and oxygen atoms in total. The molecule has 5 heteroatoms. The lowest BCUT2D eigenvalue weighted by Gasteiger charge is -2.05. The van der Waals surface area contributed by atoms with Crippen LogP contribution < -0.4 is 0 Å². The van der Waals surface area contributed by atoms with E-state index in [2.05, 4.69) is 15.0 Å². The van der Waals surface area contributed by atoms with Gasteiger partial charge in [-0.2, -0.15) is 0 Å². The number of hydrogen-bond acceptors (Lipinski definition) is 3. The van der Waals surface area contributed by atoms with Crippen LogP contribution in [0.25, 0.3) is 22.2 Å². The Hall–Kier alpha value is -2.14. The third-order valence-electron chi connectivity index (χ3n) is 2.88. The Morgan fingerprint density at radius 3 is 2.89 bits per heavy atom. The molecule has 2 heterocycles. The van der Waals surface area contributed by atoms with Crippen molar-refractivity contribution in [1.29, 1.82) is 0 Å². The summed E-state index contributed by atoms with van der Waals surface area (Å²) in [4.78, 5) is 10.9. The van der Waals surface area contributed by atoms with Gasteiger partial charge in [0, 0.05) is 16.6 Å². The predicted octanol–water partition coefficient (Wildman–Crippen LogP) is 3.80. The zero-order valence-corrected chi connectivity index (χ0v) is 11.0. The average molecular weight is 271 g/mol. The van der Waals surface area contributed by atoms with Crippen LogP contribution in [0.5, 0.6) is 0 Å². The van der Waals surface area contributed by atoms with Gasteiger partial charge in [0.05, 0.1) is 17.4 Å². The van der Waals surface area contributed by atoms with Gasteiger partial charge in [-0.3, -0.25) is 4.98 Å². The SMILES string of the molecule is Cc1ccc2cc(-c3[nH]c(=S)ncc3F)ccc2n1. The number of aryl methyl sites for hydroxylation is 1. The van der Waals surface area contributed by atoms with Crippen LogP contribution in [-0.4, -0.2) is 15.0 Å². The molecule has 0 unspecified atom stereocenters. The van der Waals surface area contributed by atoms with Crippen LogP contribution in [0, 0.1) is 17.5 Å². The van der Waals surface area contributed by atoms with Crippen molar-refractivity contribution in [3.63, 3.8) is 0 Å². The monoisotopic (exact) mass is 271 g/mol. The lowest BCUT2D eigenvalue weighted by atomic mass is 10.1. The standard InChI is InChI=1S/C14H10FN3S/c1-8-2-3-9-6-10(4-5-12(9)17-8)13-11(15)7-16-14(19)18-13/h2-7H,1H3,(H,16,18,19). The van der Waals surface area contributed by atoms with E-state index in [4.69, 9.17) is 12.2 Å². The van der Waals surface area contributed by atoms with Crippen molar-refractivity contribution in [3.05, 3.63) is 52.8 Å². The molecule has 0 atom stereocenters. The highest BCUT2D eigenvalue weighted by atomic mass is 32.1. The van der Waals surface area contributed by atoms with E-state index >= 15 is 0 Å². The maximum Gasteiger partial charge on any atom is 0.197 e. The second-order valence-corrected chi connectivity index (χ2v) is 4.66. The zero-order valence-electron chi connectivity index (χ0n) is 10.1. The third-order valence-corrected chi connectivity index (χ3v) is 3.09. The number of aromatic nitrogens is 3. The average Bonchev–Trinajstić information content (AvgIpc) is 2.41. The minimum absolute atomic E-state index is 0.263. The van der Waals surface area contributed by atoms with E-state index in [1.165, 1.54) is 0 Å². The molecule has 0 aliphatic heterocycles. The fourth-order valence-electron chi connectivity index (χ4n) is 1.97. The highest BCUT2D eigenvalue weighted by Gasteiger charge is 2.07. The van der Waals surface area contributed by atoms with Crippen LogP contribution in [0.15, 0.2) is 36.5 Å². The summed E-state index contributed by atoms with van der Waals surface area (Å²) in [5.74, 6) is -0.423. The van der Waals surface area contributed by atoms with Crippen molar-refractivity contribution in [2.45, 2.75) is 6.92 Å². The second-order valence-electron chi connectivity index (χ2n) is 4.27. The van der Waals surface area contributed by atoms with Gasteiger partial charge >= 0.3 is 0 Å². The number of aromatic amines is 1. The molecule has 0 amide bonds. The Kier molecular flexibility index (Phi) is 2.83. The number of benzene rings is 1. The van der Waals surface area contributed by atoms with Gasteiger partial charge in [-0.1, -0.05) is 12.1 Å². The first-order chi connectivity index (χ1) is 9.13. The van der Waals surface area contributed by atoms with E-state index in [0.29, 0.717) is 5.69 Å². The summed E-state index contributed by atoms with van der Waals surface area (Å²) in [5.41, 5.74) is 2.91. The molecule has 0 radical (unpaired) electrons. The lowest BCUT2D eigenvalue weighted by Crippen LogP contribution is -1.93. The molecule has 19 heavy (non-hydrogen) atoms. The number of fused-ring (bicyclic) bond motifs is 1. The number of rotatable bonds is 1. The van der Waals surface area contributed by atoms with Gasteiger partial charge in [-0.05, 0) is 37.3 Å². The largest absolute Gasteiger partial charge is 0.328 e. The van der Waals surface area contributed by atoms with Crippen molar-refractivity contribution in [1.82, 2.24) is 15.0 Å². The van der Waals surface area contributed by atoms with Gasteiger partial charge in [-0.15, -0.1) is 0 Å². The molecule has 94 valence electrons. The van der Waals surface area contributed by atoms with Gasteiger partial charge in [0.15, 0.2) is 10.6 Å². The first-order valence-corrected chi connectivity index (χ1v) is 6.17. The van der Waals surface area contributed by atoms with E-state index in [1.54, 1.807) is 0 Å². The van der Waals surface area contributed by atoms with Gasteiger partial charge in [-0.25, -0.2) is 9.37 Å². The molecule has 0 spiro atoms. The van der Waals surface area contributed by atoms with Crippen molar-refractivity contribution >= 4 is 23.1 Å². The number of halogens is 1. The summed E-state index contributed by atoms with van der Waals surface area (Å²) in [6.45, 7) is 1.94. The molecule has 0 saturated heterocycles. The summed E-state index contributed by atoms with van der Waals surface area (Å²) in [5, 5.41) is 0.957. The molecule has 0 aliphatic rings. The smallest absolute Gasteiger partial charge is 0.197 e. The number of pyridine rings is 1. The summed E-state index contributed by atoms with van der Waals surface area (Å²) in [6.07, 6.45) is 1.13. The highest BCUT2D eigenvalue weighted by molar-refractivity contribution is 7.71. The molecule has 0 fully saturated rings. The molecule has 3 rings (SSSR count). The highest BCUT2D eigenvalue weighted by Crippen LogP contribution is 2.24. The summed E-state index contributed by atoms with van der Waals surface area (Å²) < 4.78 is 14.0. The van der Waals surface area contributed by atoms with Crippen LogP contribution in [0.3, 0.4) is 0 Å². The quantitative estimate of drug-likeness (QED) is 0.684. The lowest BCUT2D eigenvalue weighted by molar-refractivity contribution is 0.617. The van der Waals surface area contributed by atoms with E-state index in [0.717, 1.165) is 28.4 Å². The molecular weight excluding hydrogens is 261 g/mol. The molecule has 1 N–H and O–H groups in total. The minimum Gasteiger partial charge on any atom is -0.328 e. The van der Waals surface area contributed by atoms with Crippen LogP contribution in [0.2, 0.25) is 0 Å². The Morgan fingerprint density at radius 2 is 2.05 bits per heavy atom. The number of H-pyrrole nitrogens is 1. The van der Waals surface area contributed by atoms with Gasteiger partial charge in [0.25, 0.3) is 0 Å². The molecule has 1 aromatic carbocycles. The topological polar surface area (TPSA) is 41.6 Å². The van der Waals surface area contributed by atoms with Gasteiger partial charge < -0.3 is 4.98 Å². The van der Waals surface area contributed by atoms with Crippen molar-refractivity contribution in [2.75, 3.05) is 0 Å². The van der Waals surface area contributed by atoms with Crippen molar-refractivity contribution < 1.29 is 4.39 Å². The fourth-order valence-corrected chi connectivity index (χ4v) is 2.13. The van der Waals surface area contributed by atoms with E-state index in [9.17, 15) is 4.39 Å². The molecule has 0 aliphatic carbocycles. The Bertz CT molecular complexity index is 826. The van der Waals surface area contributed by atoms with Crippen molar-refractivity contribution in [3.8, 4) is 11.3 Å². The fraction of sp³-hybridized carbons (Fsp3) is 0.0714. The van der Waals surface area contributed by atoms with Crippen LogP contribution in [0.4, 0.5) is 4.39 Å². The van der Waals surface area contributed by atoms with Crippen LogP contribution in [0.1, 0.15) is 5.69 Å². The van der Waals surface area contributed by atoms with E-state index < -0.39 is 5.82 Å². The summed E-state index contributed by atoms with van der Waals surface area (Å²) in [7, 11) is 0. The van der Waals surface area contributed by atoms with Crippen molar-refractivity contribution in [2.24, 2.45) is 0 Å². The molecule has 2 aromatic heterocycles. The Morgan fingerprint density at radius 1 is 1.21 bits per heavy atom. The number of hydrogen-bond donors (Lipinski definition) is 1. The number of nitrogens with zero attached hydrogens (tertiary/aromatic N) is 2. The van der Waals surface area contributed by atoms with E-state index in [-0.39, 0.29) is 4.77 Å². The molecule has 0 saturated carbocycles. The predicted molar refractivity (Wildman–Crippen MR) is 74.9 cm³/mol. The van der Waals surface area contributed by atoms with Crippen LogP contribution in [-0.2, 0) is 0 Å². The minimum atomic E-state index is -0.423. The first-order valence-electron chi connectivity index (χ1n) is 5.76.